The molecule has 0 aliphatic heterocycles. The molecule has 0 spiro atoms. The minimum atomic E-state index is -2.90. The van der Waals surface area contributed by atoms with Gasteiger partial charge in [-0.2, -0.15) is 0 Å². The second-order valence-electron chi connectivity index (χ2n) is 2.82. The number of H-pyrrole nitrogens is 1. The fourth-order valence-corrected chi connectivity index (χ4v) is 1.91. The smallest absolute Gasteiger partial charge is 0.155 e. The Hall–Kier alpha value is -0.770. The number of aromatic nitrogens is 1. The van der Waals surface area contributed by atoms with E-state index in [4.69, 9.17) is 0 Å². The normalized spacial score (nSPS) is 11.8. The molecule has 3 nitrogen and oxygen atoms in total. The summed E-state index contributed by atoms with van der Waals surface area (Å²) in [5.41, 5.74) is 1.81. The molecule has 0 amide bonds. The summed E-state index contributed by atoms with van der Waals surface area (Å²) >= 11 is 0. The molecule has 0 atom stereocenters. The largest absolute Gasteiger partial charge is 0.364 e. The van der Waals surface area contributed by atoms with Crippen LogP contribution in [0.3, 0.4) is 0 Å². The Morgan fingerprint density at radius 1 is 1.50 bits per heavy atom. The SMILES string of the molecule is CCS(=O)(=O)Cc1[nH]ccc1C. The molecule has 0 bridgehead atoms. The van der Waals surface area contributed by atoms with Gasteiger partial charge in [0.1, 0.15) is 0 Å². The van der Waals surface area contributed by atoms with E-state index in [0.717, 1.165) is 11.3 Å². The van der Waals surface area contributed by atoms with Crippen molar-refractivity contribution in [3.05, 3.63) is 23.5 Å². The molecule has 68 valence electrons. The van der Waals surface area contributed by atoms with Crippen LogP contribution in [-0.4, -0.2) is 19.2 Å². The molecule has 4 heteroatoms. The highest BCUT2D eigenvalue weighted by Crippen LogP contribution is 2.09. The quantitative estimate of drug-likeness (QED) is 0.774. The van der Waals surface area contributed by atoms with Gasteiger partial charge in [-0.15, -0.1) is 0 Å². The molecule has 0 aliphatic carbocycles. The van der Waals surface area contributed by atoms with E-state index in [9.17, 15) is 8.42 Å². The second kappa shape index (κ2) is 3.31. The van der Waals surface area contributed by atoms with Gasteiger partial charge < -0.3 is 4.98 Å². The monoisotopic (exact) mass is 187 g/mol. The zero-order valence-corrected chi connectivity index (χ0v) is 8.11. The molecule has 0 aliphatic rings. The molecule has 0 radical (unpaired) electrons. The van der Waals surface area contributed by atoms with E-state index < -0.39 is 9.84 Å². The lowest BCUT2D eigenvalue weighted by atomic mass is 10.3. The van der Waals surface area contributed by atoms with Crippen molar-refractivity contribution in [1.82, 2.24) is 4.98 Å². The van der Waals surface area contributed by atoms with Gasteiger partial charge in [-0.05, 0) is 18.6 Å². The average Bonchev–Trinajstić information content (AvgIpc) is 2.36. The van der Waals surface area contributed by atoms with Crippen LogP contribution in [0.25, 0.3) is 0 Å². The van der Waals surface area contributed by atoms with Gasteiger partial charge in [0.2, 0.25) is 0 Å². The maximum Gasteiger partial charge on any atom is 0.155 e. The maximum absolute atomic E-state index is 11.2. The maximum atomic E-state index is 11.2. The summed E-state index contributed by atoms with van der Waals surface area (Å²) in [7, 11) is -2.90. The Labute approximate surface area is 72.7 Å². The minimum absolute atomic E-state index is 0.127. The predicted molar refractivity (Wildman–Crippen MR) is 48.7 cm³/mol. The van der Waals surface area contributed by atoms with Gasteiger partial charge in [-0.1, -0.05) is 6.92 Å². The van der Waals surface area contributed by atoms with Gasteiger partial charge in [-0.3, -0.25) is 0 Å². The van der Waals surface area contributed by atoms with Crippen molar-refractivity contribution in [1.29, 1.82) is 0 Å². The summed E-state index contributed by atoms with van der Waals surface area (Å²) in [5.74, 6) is 0.327. The summed E-state index contributed by atoms with van der Waals surface area (Å²) < 4.78 is 22.4. The summed E-state index contributed by atoms with van der Waals surface area (Å²) in [6, 6.07) is 1.88. The highest BCUT2D eigenvalue weighted by atomic mass is 32.2. The van der Waals surface area contributed by atoms with Gasteiger partial charge in [0.05, 0.1) is 5.75 Å². The van der Waals surface area contributed by atoms with Crippen molar-refractivity contribution in [2.75, 3.05) is 5.75 Å². The van der Waals surface area contributed by atoms with Crippen molar-refractivity contribution < 1.29 is 8.42 Å². The van der Waals surface area contributed by atoms with Gasteiger partial charge >= 0.3 is 0 Å². The van der Waals surface area contributed by atoms with Crippen LogP contribution in [0.4, 0.5) is 0 Å². The van der Waals surface area contributed by atoms with E-state index in [1.807, 2.05) is 13.0 Å². The van der Waals surface area contributed by atoms with E-state index in [0.29, 0.717) is 0 Å². The fraction of sp³-hybridized carbons (Fsp3) is 0.500. The first-order chi connectivity index (χ1) is 5.55. The van der Waals surface area contributed by atoms with Gasteiger partial charge in [-0.25, -0.2) is 8.42 Å². The molecule has 1 N–H and O–H groups in total. The van der Waals surface area contributed by atoms with Crippen molar-refractivity contribution in [2.24, 2.45) is 0 Å². The molecule has 1 heterocycles. The van der Waals surface area contributed by atoms with Crippen LogP contribution < -0.4 is 0 Å². The van der Waals surface area contributed by atoms with Crippen molar-refractivity contribution >= 4 is 9.84 Å². The summed E-state index contributed by atoms with van der Waals surface area (Å²) in [4.78, 5) is 2.92. The Kier molecular flexibility index (Phi) is 2.57. The second-order valence-corrected chi connectivity index (χ2v) is 5.17. The lowest BCUT2D eigenvalue weighted by Gasteiger charge is -1.99. The van der Waals surface area contributed by atoms with Gasteiger partial charge in [0.15, 0.2) is 9.84 Å². The Morgan fingerprint density at radius 3 is 2.58 bits per heavy atom. The zero-order chi connectivity index (χ0) is 9.19. The van der Waals surface area contributed by atoms with E-state index in [-0.39, 0.29) is 11.5 Å². The number of nitrogens with one attached hydrogen (secondary N) is 1. The van der Waals surface area contributed by atoms with Gasteiger partial charge in [0, 0.05) is 17.6 Å². The first-order valence-corrected chi connectivity index (χ1v) is 5.70. The van der Waals surface area contributed by atoms with Crippen LogP contribution in [0.2, 0.25) is 0 Å². The highest BCUT2D eigenvalue weighted by molar-refractivity contribution is 7.90. The summed E-state index contributed by atoms with van der Waals surface area (Å²) in [6.07, 6.45) is 1.76. The molecule has 0 saturated heterocycles. The molecule has 1 aromatic rings. The molecule has 1 rings (SSSR count). The van der Waals surface area contributed by atoms with Crippen LogP contribution in [-0.2, 0) is 15.6 Å². The summed E-state index contributed by atoms with van der Waals surface area (Å²) in [6.45, 7) is 3.56. The molecule has 0 fully saturated rings. The standard InChI is InChI=1S/C8H13NO2S/c1-3-12(10,11)6-8-7(2)4-5-9-8/h4-5,9H,3,6H2,1-2H3. The van der Waals surface area contributed by atoms with E-state index >= 15 is 0 Å². The van der Waals surface area contributed by atoms with Crippen LogP contribution in [0.1, 0.15) is 18.2 Å². The topological polar surface area (TPSA) is 49.9 Å². The molecular formula is C8H13NO2S. The van der Waals surface area contributed by atoms with Crippen molar-refractivity contribution in [3.63, 3.8) is 0 Å². The third kappa shape index (κ3) is 2.11. The molecule has 0 aromatic carbocycles. The van der Waals surface area contributed by atoms with Gasteiger partial charge in [0.25, 0.3) is 0 Å². The van der Waals surface area contributed by atoms with E-state index in [1.54, 1.807) is 13.1 Å². The number of aromatic amines is 1. The average molecular weight is 187 g/mol. The Balaban J connectivity index is 2.84. The number of rotatable bonds is 3. The molecule has 12 heavy (non-hydrogen) atoms. The van der Waals surface area contributed by atoms with Crippen LogP contribution in [0.5, 0.6) is 0 Å². The Bertz CT molecular complexity index is 351. The number of hydrogen-bond acceptors (Lipinski definition) is 2. The number of hydrogen-bond donors (Lipinski definition) is 1. The van der Waals surface area contributed by atoms with Crippen LogP contribution >= 0.6 is 0 Å². The molecular weight excluding hydrogens is 174 g/mol. The first-order valence-electron chi connectivity index (χ1n) is 3.88. The minimum Gasteiger partial charge on any atom is -0.364 e. The lowest BCUT2D eigenvalue weighted by molar-refractivity contribution is 0.596. The van der Waals surface area contributed by atoms with E-state index in [1.165, 1.54) is 0 Å². The van der Waals surface area contributed by atoms with Crippen molar-refractivity contribution in [2.45, 2.75) is 19.6 Å². The number of sulfone groups is 1. The lowest BCUT2D eigenvalue weighted by Crippen LogP contribution is -2.07. The molecule has 0 unspecified atom stereocenters. The van der Waals surface area contributed by atoms with Crippen LogP contribution in [0.15, 0.2) is 12.3 Å². The van der Waals surface area contributed by atoms with E-state index in [2.05, 4.69) is 4.98 Å². The number of aryl methyl sites for hydroxylation is 1. The predicted octanol–water partition coefficient (Wildman–Crippen LogP) is 1.26. The molecule has 0 saturated carbocycles. The Morgan fingerprint density at radius 2 is 2.17 bits per heavy atom. The highest BCUT2D eigenvalue weighted by Gasteiger charge is 2.10. The third-order valence-corrected chi connectivity index (χ3v) is 3.48. The third-order valence-electron chi connectivity index (χ3n) is 1.87. The van der Waals surface area contributed by atoms with Crippen LogP contribution in [0, 0.1) is 6.92 Å². The molecule has 1 aromatic heterocycles. The van der Waals surface area contributed by atoms with Crippen molar-refractivity contribution in [3.8, 4) is 0 Å². The zero-order valence-electron chi connectivity index (χ0n) is 7.29. The first kappa shape index (κ1) is 9.32. The fourth-order valence-electron chi connectivity index (χ4n) is 0.959. The summed E-state index contributed by atoms with van der Waals surface area (Å²) in [5, 5.41) is 0.